The van der Waals surface area contributed by atoms with Crippen molar-refractivity contribution in [3.63, 3.8) is 0 Å². The molecule has 0 bridgehead atoms. The summed E-state index contributed by atoms with van der Waals surface area (Å²) in [5.74, 6) is 0.872. The van der Waals surface area contributed by atoms with Crippen molar-refractivity contribution in [2.75, 3.05) is 20.5 Å². The molecule has 152 valence electrons. The first kappa shape index (κ1) is 20.8. The summed E-state index contributed by atoms with van der Waals surface area (Å²) >= 11 is 1.58. The van der Waals surface area contributed by atoms with E-state index in [4.69, 9.17) is 18.6 Å². The monoisotopic (exact) mass is 414 g/mol. The van der Waals surface area contributed by atoms with Crippen LogP contribution < -0.4 is 9.47 Å². The van der Waals surface area contributed by atoms with Gasteiger partial charge in [0.1, 0.15) is 11.3 Å². The average Bonchev–Trinajstić information content (AvgIpc) is 3.09. The van der Waals surface area contributed by atoms with Crippen LogP contribution in [0.3, 0.4) is 0 Å². The molecule has 0 saturated carbocycles. The van der Waals surface area contributed by atoms with Gasteiger partial charge in [0.2, 0.25) is 0 Å². The van der Waals surface area contributed by atoms with Crippen molar-refractivity contribution >= 4 is 34.7 Å². The van der Waals surface area contributed by atoms with Crippen molar-refractivity contribution in [1.82, 2.24) is 0 Å². The zero-order valence-electron chi connectivity index (χ0n) is 16.7. The van der Waals surface area contributed by atoms with E-state index in [2.05, 4.69) is 0 Å². The largest absolute Gasteiger partial charge is 0.493 e. The highest BCUT2D eigenvalue weighted by atomic mass is 32.2. The molecule has 0 spiro atoms. The van der Waals surface area contributed by atoms with Crippen LogP contribution in [-0.4, -0.2) is 32.4 Å². The second-order valence-corrected chi connectivity index (χ2v) is 7.15. The van der Waals surface area contributed by atoms with Crippen LogP contribution in [0.1, 0.15) is 18.9 Å². The van der Waals surface area contributed by atoms with Crippen molar-refractivity contribution < 1.29 is 28.2 Å². The summed E-state index contributed by atoms with van der Waals surface area (Å²) in [4.78, 5) is 23.7. The fourth-order valence-electron chi connectivity index (χ4n) is 3.07. The molecule has 6 nitrogen and oxygen atoms in total. The quantitative estimate of drug-likeness (QED) is 0.310. The Balaban J connectivity index is 2.01. The Labute approximate surface area is 173 Å². The molecule has 2 aromatic carbocycles. The predicted molar refractivity (Wildman–Crippen MR) is 112 cm³/mol. The van der Waals surface area contributed by atoms with Crippen molar-refractivity contribution in [3.05, 3.63) is 42.0 Å². The van der Waals surface area contributed by atoms with E-state index in [0.717, 1.165) is 27.0 Å². The summed E-state index contributed by atoms with van der Waals surface area (Å²) in [6.07, 6.45) is 2.91. The molecular weight excluding hydrogens is 392 g/mol. The molecule has 1 heterocycles. The minimum atomic E-state index is -0.413. The van der Waals surface area contributed by atoms with E-state index >= 15 is 0 Å². The lowest BCUT2D eigenvalue weighted by Crippen LogP contribution is -2.03. The van der Waals surface area contributed by atoms with E-state index in [1.807, 2.05) is 30.5 Å². The highest BCUT2D eigenvalue weighted by molar-refractivity contribution is 7.99. The summed E-state index contributed by atoms with van der Waals surface area (Å²) in [5.41, 5.74) is 2.61. The molecule has 0 unspecified atom stereocenters. The van der Waals surface area contributed by atoms with E-state index in [9.17, 15) is 9.59 Å². The number of furan rings is 1. The van der Waals surface area contributed by atoms with Gasteiger partial charge in [-0.3, -0.25) is 9.59 Å². The highest BCUT2D eigenvalue weighted by Crippen LogP contribution is 2.42. The molecule has 7 heteroatoms. The first-order chi connectivity index (χ1) is 14.0. The topological polar surface area (TPSA) is 75.0 Å². The molecule has 0 aliphatic carbocycles. The standard InChI is InChI=1S/C22H22O6S/c1-13(23)27-18-9-7-15(12-19(18)25-2)21-22(29-4)16-11-14(5-8-17(16)28-21)6-10-20(24)26-3/h5,7-9,11-12H,6,10H2,1-4H3. The summed E-state index contributed by atoms with van der Waals surface area (Å²) in [5, 5.41) is 0.984. The molecule has 0 amide bonds. The predicted octanol–water partition coefficient (Wildman–Crippen LogP) is 4.86. The number of methoxy groups -OCH3 is 2. The lowest BCUT2D eigenvalue weighted by molar-refractivity contribution is -0.140. The Bertz CT molecular complexity index is 1050. The summed E-state index contributed by atoms with van der Waals surface area (Å²) in [6, 6.07) is 11.2. The number of thioether (sulfide) groups is 1. The van der Waals surface area contributed by atoms with Gasteiger partial charge in [-0.05, 0) is 48.6 Å². The highest BCUT2D eigenvalue weighted by Gasteiger charge is 2.18. The number of hydrogen-bond donors (Lipinski definition) is 0. The maximum atomic E-state index is 11.4. The molecule has 0 saturated heterocycles. The Hall–Kier alpha value is -2.93. The van der Waals surface area contributed by atoms with Crippen LogP contribution in [-0.2, 0) is 20.7 Å². The third-order valence-corrected chi connectivity index (χ3v) is 5.25. The SMILES string of the molecule is COC(=O)CCc1ccc2oc(-c3ccc(OC(C)=O)c(OC)c3)c(SC)c2c1. The number of aryl methyl sites for hydroxylation is 1. The van der Waals surface area contributed by atoms with Gasteiger partial charge in [0.15, 0.2) is 11.5 Å². The van der Waals surface area contributed by atoms with Gasteiger partial charge in [-0.25, -0.2) is 0 Å². The van der Waals surface area contributed by atoms with Crippen molar-refractivity contribution in [1.29, 1.82) is 0 Å². The average molecular weight is 414 g/mol. The Kier molecular flexibility index (Phi) is 6.49. The maximum absolute atomic E-state index is 11.4. The molecular formula is C22H22O6S. The zero-order chi connectivity index (χ0) is 21.0. The van der Waals surface area contributed by atoms with Gasteiger partial charge >= 0.3 is 11.9 Å². The third-order valence-electron chi connectivity index (χ3n) is 4.44. The van der Waals surface area contributed by atoms with Gasteiger partial charge < -0.3 is 18.6 Å². The van der Waals surface area contributed by atoms with Gasteiger partial charge in [-0.1, -0.05) is 6.07 Å². The number of esters is 2. The van der Waals surface area contributed by atoms with Crippen molar-refractivity contribution in [2.45, 2.75) is 24.7 Å². The Morgan fingerprint density at radius 1 is 1.07 bits per heavy atom. The molecule has 0 aliphatic heterocycles. The number of ether oxygens (including phenoxy) is 3. The second kappa shape index (κ2) is 9.05. The van der Waals surface area contributed by atoms with Crippen LogP contribution in [0.15, 0.2) is 45.7 Å². The Morgan fingerprint density at radius 2 is 1.86 bits per heavy atom. The Morgan fingerprint density at radius 3 is 2.52 bits per heavy atom. The van der Waals surface area contributed by atoms with Crippen LogP contribution in [0.2, 0.25) is 0 Å². The number of fused-ring (bicyclic) bond motifs is 1. The lowest BCUT2D eigenvalue weighted by Gasteiger charge is -2.09. The van der Waals surface area contributed by atoms with Crippen molar-refractivity contribution in [3.8, 4) is 22.8 Å². The smallest absolute Gasteiger partial charge is 0.308 e. The molecule has 0 atom stereocenters. The molecule has 3 aromatic rings. The summed E-state index contributed by atoms with van der Waals surface area (Å²) in [6.45, 7) is 1.34. The zero-order valence-corrected chi connectivity index (χ0v) is 17.6. The number of carbonyl (C=O) groups is 2. The van der Waals surface area contributed by atoms with E-state index in [1.54, 1.807) is 23.9 Å². The van der Waals surface area contributed by atoms with Gasteiger partial charge in [0.05, 0.1) is 19.1 Å². The van der Waals surface area contributed by atoms with Gasteiger partial charge in [-0.15, -0.1) is 11.8 Å². The van der Waals surface area contributed by atoms with Crippen LogP contribution in [0.25, 0.3) is 22.3 Å². The van der Waals surface area contributed by atoms with E-state index < -0.39 is 5.97 Å². The van der Waals surface area contributed by atoms with Gasteiger partial charge in [0.25, 0.3) is 0 Å². The molecule has 0 aliphatic rings. The van der Waals surface area contributed by atoms with Crippen LogP contribution >= 0.6 is 11.8 Å². The number of carbonyl (C=O) groups excluding carboxylic acids is 2. The summed E-state index contributed by atoms with van der Waals surface area (Å²) < 4.78 is 21.4. The summed E-state index contributed by atoms with van der Waals surface area (Å²) in [7, 11) is 2.91. The molecule has 0 fully saturated rings. The van der Waals surface area contributed by atoms with Crippen LogP contribution in [0.5, 0.6) is 11.5 Å². The van der Waals surface area contributed by atoms with E-state index in [1.165, 1.54) is 21.1 Å². The van der Waals surface area contributed by atoms with E-state index in [-0.39, 0.29) is 5.97 Å². The molecule has 3 rings (SSSR count). The van der Waals surface area contributed by atoms with Crippen LogP contribution in [0, 0.1) is 0 Å². The maximum Gasteiger partial charge on any atom is 0.308 e. The minimum absolute atomic E-state index is 0.233. The molecule has 0 N–H and O–H groups in total. The molecule has 29 heavy (non-hydrogen) atoms. The first-order valence-electron chi connectivity index (χ1n) is 9.00. The fourth-order valence-corrected chi connectivity index (χ4v) is 3.79. The normalized spacial score (nSPS) is 10.8. The van der Waals surface area contributed by atoms with E-state index in [0.29, 0.717) is 30.1 Å². The number of benzene rings is 2. The van der Waals surface area contributed by atoms with Crippen LogP contribution in [0.4, 0.5) is 0 Å². The second-order valence-electron chi connectivity index (χ2n) is 6.33. The number of hydrogen-bond acceptors (Lipinski definition) is 7. The molecule has 0 radical (unpaired) electrons. The first-order valence-corrected chi connectivity index (χ1v) is 10.2. The fraction of sp³-hybridized carbons (Fsp3) is 0.273. The third kappa shape index (κ3) is 4.56. The number of rotatable bonds is 7. The minimum Gasteiger partial charge on any atom is -0.493 e. The molecule has 1 aromatic heterocycles. The van der Waals surface area contributed by atoms with Gasteiger partial charge in [-0.2, -0.15) is 0 Å². The van der Waals surface area contributed by atoms with Crippen molar-refractivity contribution in [2.24, 2.45) is 0 Å². The lowest BCUT2D eigenvalue weighted by atomic mass is 10.1. The van der Waals surface area contributed by atoms with Gasteiger partial charge in [0, 0.05) is 24.3 Å².